The Labute approximate surface area is 62.6 Å². The van der Waals surface area contributed by atoms with Crippen LogP contribution in [-0.2, 0) is 4.79 Å². The van der Waals surface area contributed by atoms with Gasteiger partial charge in [0.15, 0.2) is 0 Å². The summed E-state index contributed by atoms with van der Waals surface area (Å²) in [6.45, 7) is 0. The molecule has 0 saturated carbocycles. The van der Waals surface area contributed by atoms with Gasteiger partial charge in [-0.3, -0.25) is 4.79 Å². The van der Waals surface area contributed by atoms with E-state index in [2.05, 4.69) is 22.0 Å². The standard InChI is InChI=1S/C7H7BrO/c8-7-3-1-2-6(4-7)5-9/h3-5H,1-2H2. The van der Waals surface area contributed by atoms with Crippen molar-refractivity contribution in [1.29, 1.82) is 0 Å². The van der Waals surface area contributed by atoms with Gasteiger partial charge in [-0.15, -0.1) is 0 Å². The molecule has 0 bridgehead atoms. The summed E-state index contributed by atoms with van der Waals surface area (Å²) in [5.74, 6) is 0. The third-order valence-corrected chi connectivity index (χ3v) is 1.80. The maximum Gasteiger partial charge on any atom is 0.146 e. The highest BCUT2D eigenvalue weighted by atomic mass is 79.9. The third-order valence-electron chi connectivity index (χ3n) is 1.25. The van der Waals surface area contributed by atoms with Crippen molar-refractivity contribution in [1.82, 2.24) is 0 Å². The number of allylic oxidation sites excluding steroid dienone is 4. The van der Waals surface area contributed by atoms with E-state index in [-0.39, 0.29) is 0 Å². The van der Waals surface area contributed by atoms with Gasteiger partial charge in [-0.2, -0.15) is 0 Å². The molecule has 0 unspecified atom stereocenters. The highest BCUT2D eigenvalue weighted by molar-refractivity contribution is 9.11. The van der Waals surface area contributed by atoms with E-state index in [1.807, 2.05) is 6.08 Å². The number of hydrogen-bond acceptors (Lipinski definition) is 1. The van der Waals surface area contributed by atoms with Crippen LogP contribution >= 0.6 is 15.9 Å². The minimum Gasteiger partial charge on any atom is -0.298 e. The minimum absolute atomic E-state index is 0.879. The first-order chi connectivity index (χ1) is 4.33. The van der Waals surface area contributed by atoms with E-state index in [0.717, 1.165) is 29.2 Å². The highest BCUT2D eigenvalue weighted by Crippen LogP contribution is 2.19. The molecule has 0 radical (unpaired) electrons. The molecule has 1 aliphatic carbocycles. The molecular formula is C7H7BrO. The van der Waals surface area contributed by atoms with Crippen LogP contribution in [0.25, 0.3) is 0 Å². The lowest BCUT2D eigenvalue weighted by atomic mass is 10.1. The van der Waals surface area contributed by atoms with Crippen LogP contribution in [0.3, 0.4) is 0 Å². The largest absolute Gasteiger partial charge is 0.298 e. The van der Waals surface area contributed by atoms with Crippen molar-refractivity contribution in [3.05, 3.63) is 22.2 Å². The molecule has 48 valence electrons. The maximum atomic E-state index is 10.2. The van der Waals surface area contributed by atoms with Gasteiger partial charge in [-0.1, -0.05) is 22.0 Å². The minimum atomic E-state index is 0.879. The Balaban J connectivity index is 2.74. The van der Waals surface area contributed by atoms with Crippen molar-refractivity contribution in [2.24, 2.45) is 0 Å². The Bertz CT molecular complexity index is 179. The van der Waals surface area contributed by atoms with Crippen LogP contribution in [-0.4, -0.2) is 6.29 Å². The second-order valence-corrected chi connectivity index (χ2v) is 2.88. The fourth-order valence-electron chi connectivity index (χ4n) is 0.778. The van der Waals surface area contributed by atoms with Gasteiger partial charge in [0, 0.05) is 4.48 Å². The average Bonchev–Trinajstić information content (AvgIpc) is 1.88. The van der Waals surface area contributed by atoms with E-state index < -0.39 is 0 Å². The quantitative estimate of drug-likeness (QED) is 0.575. The molecule has 0 aliphatic heterocycles. The first kappa shape index (κ1) is 6.75. The summed E-state index contributed by atoms with van der Waals surface area (Å²) in [5, 5.41) is 0. The molecule has 0 N–H and O–H groups in total. The van der Waals surface area contributed by atoms with E-state index >= 15 is 0 Å². The molecular weight excluding hydrogens is 180 g/mol. The van der Waals surface area contributed by atoms with Crippen molar-refractivity contribution >= 4 is 22.2 Å². The molecule has 0 aromatic heterocycles. The Morgan fingerprint density at radius 1 is 1.67 bits per heavy atom. The highest BCUT2D eigenvalue weighted by Gasteiger charge is 2.00. The fraction of sp³-hybridized carbons (Fsp3) is 0.286. The monoisotopic (exact) mass is 186 g/mol. The first-order valence-corrected chi connectivity index (χ1v) is 3.63. The number of rotatable bonds is 1. The first-order valence-electron chi connectivity index (χ1n) is 2.84. The normalized spacial score (nSPS) is 18.3. The zero-order chi connectivity index (χ0) is 6.69. The van der Waals surface area contributed by atoms with Crippen LogP contribution in [0.1, 0.15) is 12.8 Å². The van der Waals surface area contributed by atoms with Crippen LogP contribution < -0.4 is 0 Å². The van der Waals surface area contributed by atoms with E-state index in [4.69, 9.17) is 0 Å². The van der Waals surface area contributed by atoms with E-state index in [9.17, 15) is 4.79 Å². The molecule has 0 saturated heterocycles. The zero-order valence-corrected chi connectivity index (χ0v) is 6.52. The average molecular weight is 187 g/mol. The Morgan fingerprint density at radius 3 is 2.89 bits per heavy atom. The smallest absolute Gasteiger partial charge is 0.146 e. The molecule has 1 nitrogen and oxygen atoms in total. The third kappa shape index (κ3) is 1.79. The molecule has 2 heteroatoms. The molecule has 0 aromatic carbocycles. The second-order valence-electron chi connectivity index (χ2n) is 1.96. The van der Waals surface area contributed by atoms with Gasteiger partial charge in [0.25, 0.3) is 0 Å². The predicted octanol–water partition coefficient (Wildman–Crippen LogP) is 2.18. The molecule has 0 spiro atoms. The lowest BCUT2D eigenvalue weighted by Gasteiger charge is -2.02. The second kappa shape index (κ2) is 2.97. The lowest BCUT2D eigenvalue weighted by molar-refractivity contribution is -0.105. The van der Waals surface area contributed by atoms with E-state index in [0.29, 0.717) is 0 Å². The van der Waals surface area contributed by atoms with Gasteiger partial charge in [0.2, 0.25) is 0 Å². The van der Waals surface area contributed by atoms with E-state index in [1.54, 1.807) is 0 Å². The van der Waals surface area contributed by atoms with Gasteiger partial charge < -0.3 is 0 Å². The van der Waals surface area contributed by atoms with Gasteiger partial charge in [-0.05, 0) is 24.5 Å². The number of carbonyl (C=O) groups excluding carboxylic acids is 1. The van der Waals surface area contributed by atoms with Gasteiger partial charge in [0.1, 0.15) is 6.29 Å². The van der Waals surface area contributed by atoms with Gasteiger partial charge in [-0.25, -0.2) is 0 Å². The van der Waals surface area contributed by atoms with Crippen LogP contribution in [0.15, 0.2) is 22.2 Å². The maximum absolute atomic E-state index is 10.2. The topological polar surface area (TPSA) is 17.1 Å². The van der Waals surface area contributed by atoms with Crippen LogP contribution in [0.2, 0.25) is 0 Å². The van der Waals surface area contributed by atoms with Crippen molar-refractivity contribution in [3.63, 3.8) is 0 Å². The molecule has 0 amide bonds. The molecule has 0 heterocycles. The van der Waals surface area contributed by atoms with Crippen LogP contribution in [0.4, 0.5) is 0 Å². The molecule has 1 aliphatic rings. The number of halogens is 1. The van der Waals surface area contributed by atoms with Gasteiger partial charge in [0.05, 0.1) is 0 Å². The molecule has 0 aromatic rings. The molecule has 9 heavy (non-hydrogen) atoms. The summed E-state index contributed by atoms with van der Waals surface area (Å²) in [5.41, 5.74) is 0.879. The SMILES string of the molecule is O=CC1=CC(Br)=CCC1. The summed E-state index contributed by atoms with van der Waals surface area (Å²) in [7, 11) is 0. The number of carbonyl (C=O) groups is 1. The number of aldehydes is 1. The Hall–Kier alpha value is -0.370. The summed E-state index contributed by atoms with van der Waals surface area (Å²) in [6.07, 6.45) is 6.70. The molecule has 0 fully saturated rings. The Morgan fingerprint density at radius 2 is 2.44 bits per heavy atom. The predicted molar refractivity (Wildman–Crippen MR) is 40.4 cm³/mol. The summed E-state index contributed by atoms with van der Waals surface area (Å²) in [4.78, 5) is 10.2. The van der Waals surface area contributed by atoms with Gasteiger partial charge >= 0.3 is 0 Å². The zero-order valence-electron chi connectivity index (χ0n) is 4.93. The summed E-state index contributed by atoms with van der Waals surface area (Å²) < 4.78 is 1.02. The van der Waals surface area contributed by atoms with Crippen LogP contribution in [0, 0.1) is 0 Å². The van der Waals surface area contributed by atoms with Crippen molar-refractivity contribution in [2.45, 2.75) is 12.8 Å². The van der Waals surface area contributed by atoms with Crippen molar-refractivity contribution < 1.29 is 4.79 Å². The summed E-state index contributed by atoms with van der Waals surface area (Å²) in [6, 6.07) is 0. The number of hydrogen-bond donors (Lipinski definition) is 0. The van der Waals surface area contributed by atoms with Crippen molar-refractivity contribution in [2.75, 3.05) is 0 Å². The van der Waals surface area contributed by atoms with Crippen molar-refractivity contribution in [3.8, 4) is 0 Å². The fourth-order valence-corrected chi connectivity index (χ4v) is 1.30. The lowest BCUT2D eigenvalue weighted by Crippen LogP contribution is -1.88. The summed E-state index contributed by atoms with van der Waals surface area (Å²) >= 11 is 3.30. The molecule has 0 atom stereocenters. The Kier molecular flexibility index (Phi) is 2.22. The van der Waals surface area contributed by atoms with E-state index in [1.165, 1.54) is 0 Å². The van der Waals surface area contributed by atoms with Crippen LogP contribution in [0.5, 0.6) is 0 Å². The molecule has 1 rings (SSSR count).